The molecule has 2 aliphatic rings. The molecule has 0 bridgehead atoms. The van der Waals surface area contributed by atoms with E-state index in [1.54, 1.807) is 0 Å². The number of hydrogen-bond acceptors (Lipinski definition) is 4. The number of imidazole rings is 1. The normalized spacial score (nSPS) is 17.3. The van der Waals surface area contributed by atoms with Crippen LogP contribution in [0.5, 0.6) is 0 Å². The van der Waals surface area contributed by atoms with Crippen LogP contribution in [0.3, 0.4) is 0 Å². The van der Waals surface area contributed by atoms with Gasteiger partial charge in [-0.3, -0.25) is 4.79 Å². The Kier molecular flexibility index (Phi) is 4.22. The summed E-state index contributed by atoms with van der Waals surface area (Å²) in [6.45, 7) is 5.35. The molecule has 0 atom stereocenters. The lowest BCUT2D eigenvalue weighted by Gasteiger charge is -2.27. The molecule has 1 aliphatic carbocycles. The van der Waals surface area contributed by atoms with E-state index in [2.05, 4.69) is 22.5 Å². The molecule has 0 unspecified atom stereocenters. The van der Waals surface area contributed by atoms with E-state index in [-0.39, 0.29) is 5.91 Å². The lowest BCUT2D eigenvalue weighted by molar-refractivity contribution is -0.133. The fraction of sp³-hybridized carbons (Fsp3) is 0.611. The molecule has 1 fully saturated rings. The quantitative estimate of drug-likeness (QED) is 0.764. The van der Waals surface area contributed by atoms with Gasteiger partial charge in [0.05, 0.1) is 19.6 Å². The van der Waals surface area contributed by atoms with Gasteiger partial charge in [0, 0.05) is 25.9 Å². The number of fused-ring (bicyclic) bond motifs is 3. The van der Waals surface area contributed by atoms with Crippen LogP contribution in [0.1, 0.15) is 49.9 Å². The molecule has 3 heterocycles. The van der Waals surface area contributed by atoms with Gasteiger partial charge in [-0.05, 0) is 36.8 Å². The Morgan fingerprint density at radius 1 is 1.33 bits per heavy atom. The zero-order valence-electron chi connectivity index (χ0n) is 14.2. The largest absolute Gasteiger partial charge is 0.381 e. The van der Waals surface area contributed by atoms with Crippen molar-refractivity contribution in [2.75, 3.05) is 19.8 Å². The number of hydrogen-bond donors (Lipinski definition) is 0. The zero-order chi connectivity index (χ0) is 16.5. The highest BCUT2D eigenvalue weighted by atomic mass is 16.5. The molecule has 0 aromatic carbocycles. The summed E-state index contributed by atoms with van der Waals surface area (Å²) >= 11 is 0. The Morgan fingerprint density at radius 3 is 3.00 bits per heavy atom. The van der Waals surface area contributed by atoms with Crippen molar-refractivity contribution in [3.63, 3.8) is 0 Å². The maximum atomic E-state index is 12.3. The van der Waals surface area contributed by atoms with Crippen LogP contribution >= 0.6 is 0 Å². The van der Waals surface area contributed by atoms with Crippen LogP contribution in [0.15, 0.2) is 12.3 Å². The average Bonchev–Trinajstić information content (AvgIpc) is 3.38. The smallest absolute Gasteiger partial charge is 0.225 e. The van der Waals surface area contributed by atoms with Gasteiger partial charge in [0.25, 0.3) is 0 Å². The van der Waals surface area contributed by atoms with E-state index in [0.717, 1.165) is 43.1 Å². The monoisotopic (exact) mass is 328 g/mol. The van der Waals surface area contributed by atoms with E-state index < -0.39 is 0 Å². The molecule has 4 rings (SSSR count). The highest BCUT2D eigenvalue weighted by Crippen LogP contribution is 2.40. The SMILES string of the molecule is CCCOCCC(=O)N1CCn2c(nc3cc(C4CC4)cnc32)C1. The number of aromatic nitrogens is 3. The van der Waals surface area contributed by atoms with Crippen LogP contribution in [0.2, 0.25) is 0 Å². The van der Waals surface area contributed by atoms with Crippen molar-refractivity contribution in [3.8, 4) is 0 Å². The summed E-state index contributed by atoms with van der Waals surface area (Å²) in [4.78, 5) is 23.6. The number of pyridine rings is 1. The van der Waals surface area contributed by atoms with Crippen molar-refractivity contribution in [3.05, 3.63) is 23.7 Å². The molecule has 1 aliphatic heterocycles. The van der Waals surface area contributed by atoms with Gasteiger partial charge in [0.15, 0.2) is 5.65 Å². The van der Waals surface area contributed by atoms with E-state index in [0.29, 0.717) is 25.5 Å². The first-order valence-corrected chi connectivity index (χ1v) is 8.97. The van der Waals surface area contributed by atoms with Gasteiger partial charge in [-0.15, -0.1) is 0 Å². The van der Waals surface area contributed by atoms with Crippen LogP contribution in [-0.2, 0) is 22.6 Å². The van der Waals surface area contributed by atoms with E-state index in [1.807, 2.05) is 11.1 Å². The minimum atomic E-state index is 0.149. The summed E-state index contributed by atoms with van der Waals surface area (Å²) in [6, 6.07) is 2.18. The summed E-state index contributed by atoms with van der Waals surface area (Å²) in [6.07, 6.45) is 5.96. The molecule has 1 saturated carbocycles. The number of carbonyl (C=O) groups is 1. The fourth-order valence-corrected chi connectivity index (χ4v) is 3.32. The van der Waals surface area contributed by atoms with Crippen LogP contribution < -0.4 is 0 Å². The molecule has 128 valence electrons. The summed E-state index contributed by atoms with van der Waals surface area (Å²) in [5, 5.41) is 0. The molecule has 0 saturated heterocycles. The maximum Gasteiger partial charge on any atom is 0.225 e. The summed E-state index contributed by atoms with van der Waals surface area (Å²) < 4.78 is 7.58. The summed E-state index contributed by atoms with van der Waals surface area (Å²) in [5.74, 6) is 1.78. The van der Waals surface area contributed by atoms with E-state index >= 15 is 0 Å². The van der Waals surface area contributed by atoms with E-state index in [1.165, 1.54) is 18.4 Å². The number of ether oxygens (including phenoxy) is 1. The van der Waals surface area contributed by atoms with Crippen LogP contribution in [0, 0.1) is 0 Å². The molecule has 24 heavy (non-hydrogen) atoms. The van der Waals surface area contributed by atoms with Gasteiger partial charge in [0.1, 0.15) is 11.3 Å². The molecular formula is C18H24N4O2. The van der Waals surface area contributed by atoms with Crippen LogP contribution in [0.4, 0.5) is 0 Å². The molecule has 0 radical (unpaired) electrons. The van der Waals surface area contributed by atoms with Crippen molar-refractivity contribution < 1.29 is 9.53 Å². The molecule has 6 nitrogen and oxygen atoms in total. The van der Waals surface area contributed by atoms with Gasteiger partial charge in [0.2, 0.25) is 5.91 Å². The lowest BCUT2D eigenvalue weighted by Crippen LogP contribution is -2.38. The predicted molar refractivity (Wildman–Crippen MR) is 90.6 cm³/mol. The maximum absolute atomic E-state index is 12.3. The summed E-state index contributed by atoms with van der Waals surface area (Å²) in [7, 11) is 0. The Bertz CT molecular complexity index is 751. The first-order valence-electron chi connectivity index (χ1n) is 8.97. The highest BCUT2D eigenvalue weighted by Gasteiger charge is 2.27. The molecule has 0 N–H and O–H groups in total. The van der Waals surface area contributed by atoms with Gasteiger partial charge < -0.3 is 14.2 Å². The van der Waals surface area contributed by atoms with Gasteiger partial charge in [-0.25, -0.2) is 9.97 Å². The van der Waals surface area contributed by atoms with Crippen molar-refractivity contribution >= 4 is 17.1 Å². The topological polar surface area (TPSA) is 60.2 Å². The van der Waals surface area contributed by atoms with Crippen molar-refractivity contribution in [1.29, 1.82) is 0 Å². The molecule has 1 amide bonds. The zero-order valence-corrected chi connectivity index (χ0v) is 14.2. The van der Waals surface area contributed by atoms with Crippen molar-refractivity contribution in [2.24, 2.45) is 0 Å². The highest BCUT2D eigenvalue weighted by molar-refractivity contribution is 5.77. The first kappa shape index (κ1) is 15.6. The number of rotatable bonds is 6. The second-order valence-electron chi connectivity index (χ2n) is 6.74. The first-order chi connectivity index (χ1) is 11.8. The van der Waals surface area contributed by atoms with Gasteiger partial charge in [-0.1, -0.05) is 6.92 Å². The standard InChI is InChI=1S/C18H24N4O2/c1-2-8-24-9-5-17(23)21-6-7-22-16(12-21)20-15-10-14(13-3-4-13)11-19-18(15)22/h10-11,13H,2-9,12H2,1H3. The number of carbonyl (C=O) groups excluding carboxylic acids is 1. The fourth-order valence-electron chi connectivity index (χ4n) is 3.32. The molecule has 2 aromatic rings. The molecule has 2 aromatic heterocycles. The minimum Gasteiger partial charge on any atom is -0.381 e. The lowest BCUT2D eigenvalue weighted by atomic mass is 10.2. The van der Waals surface area contributed by atoms with E-state index in [9.17, 15) is 4.79 Å². The average molecular weight is 328 g/mol. The summed E-state index contributed by atoms with van der Waals surface area (Å²) in [5.41, 5.74) is 3.22. The molecule has 6 heteroatoms. The van der Waals surface area contributed by atoms with Crippen LogP contribution in [-0.4, -0.2) is 45.1 Å². The van der Waals surface area contributed by atoms with Crippen LogP contribution in [0.25, 0.3) is 11.2 Å². The van der Waals surface area contributed by atoms with Crippen molar-refractivity contribution in [2.45, 2.75) is 51.6 Å². The van der Waals surface area contributed by atoms with Crippen molar-refractivity contribution in [1.82, 2.24) is 19.4 Å². The molecule has 0 spiro atoms. The third kappa shape index (κ3) is 3.02. The van der Waals surface area contributed by atoms with E-state index in [4.69, 9.17) is 9.72 Å². The third-order valence-electron chi connectivity index (χ3n) is 4.82. The Labute approximate surface area is 141 Å². The number of nitrogens with zero attached hydrogens (tertiary/aromatic N) is 4. The van der Waals surface area contributed by atoms with Gasteiger partial charge >= 0.3 is 0 Å². The minimum absolute atomic E-state index is 0.149. The van der Waals surface area contributed by atoms with Gasteiger partial charge in [-0.2, -0.15) is 0 Å². The third-order valence-corrected chi connectivity index (χ3v) is 4.82. The second-order valence-corrected chi connectivity index (χ2v) is 6.74. The number of amides is 1. The second kappa shape index (κ2) is 6.51. The Balaban J connectivity index is 1.46. The Morgan fingerprint density at radius 2 is 2.21 bits per heavy atom. The Hall–Kier alpha value is -1.95. The predicted octanol–water partition coefficient (Wildman–Crippen LogP) is 2.47. The molecular weight excluding hydrogens is 304 g/mol.